The van der Waals surface area contributed by atoms with Crippen LogP contribution in [0.3, 0.4) is 0 Å². The number of amides is 1. The van der Waals surface area contributed by atoms with Gasteiger partial charge in [-0.3, -0.25) is 10.0 Å². The molecular formula is C18H21NO3. The van der Waals surface area contributed by atoms with Crippen LogP contribution in [0.5, 0.6) is 0 Å². The van der Waals surface area contributed by atoms with Crippen molar-refractivity contribution in [2.45, 2.75) is 31.8 Å². The maximum absolute atomic E-state index is 11.1. The molecule has 0 aliphatic rings. The van der Waals surface area contributed by atoms with Gasteiger partial charge in [-0.25, -0.2) is 5.48 Å². The summed E-state index contributed by atoms with van der Waals surface area (Å²) in [5, 5.41) is 18.6. The van der Waals surface area contributed by atoms with E-state index in [1.165, 1.54) is 5.56 Å². The molecule has 3 N–H and O–H groups in total. The van der Waals surface area contributed by atoms with Crippen LogP contribution in [-0.4, -0.2) is 16.2 Å². The summed E-state index contributed by atoms with van der Waals surface area (Å²) >= 11 is 0. The molecule has 0 bridgehead atoms. The first-order valence-corrected chi connectivity index (χ1v) is 7.43. The predicted molar refractivity (Wildman–Crippen MR) is 84.4 cm³/mol. The van der Waals surface area contributed by atoms with Crippen molar-refractivity contribution in [3.63, 3.8) is 0 Å². The lowest BCUT2D eigenvalue weighted by molar-refractivity contribution is -0.128. The Labute approximate surface area is 130 Å². The largest absolute Gasteiger partial charge is 0.388 e. The van der Waals surface area contributed by atoms with Crippen LogP contribution in [0.15, 0.2) is 54.6 Å². The molecule has 4 nitrogen and oxygen atoms in total. The Kier molecular flexibility index (Phi) is 6.13. The van der Waals surface area contributed by atoms with Crippen LogP contribution in [0, 0.1) is 0 Å². The first-order valence-electron chi connectivity index (χ1n) is 7.43. The van der Waals surface area contributed by atoms with E-state index in [0.717, 1.165) is 30.4 Å². The molecule has 0 radical (unpaired) electrons. The zero-order valence-electron chi connectivity index (χ0n) is 12.4. The molecule has 2 rings (SSSR count). The highest BCUT2D eigenvalue weighted by Gasteiger charge is 2.07. The molecule has 2 aromatic rings. The Morgan fingerprint density at radius 1 is 1.00 bits per heavy atom. The number of carbonyl (C=O) groups is 1. The van der Waals surface area contributed by atoms with Crippen molar-refractivity contribution >= 4 is 5.91 Å². The minimum atomic E-state index is -0.422. The molecule has 0 aromatic heterocycles. The van der Waals surface area contributed by atoms with Gasteiger partial charge in [0.1, 0.15) is 0 Å². The van der Waals surface area contributed by atoms with Crippen molar-refractivity contribution in [2.75, 3.05) is 0 Å². The molecule has 22 heavy (non-hydrogen) atoms. The summed E-state index contributed by atoms with van der Waals surface area (Å²) in [7, 11) is 0. The van der Waals surface area contributed by atoms with E-state index in [1.54, 1.807) is 5.48 Å². The Balaban J connectivity index is 1.78. The number of rotatable bonds is 7. The molecular weight excluding hydrogens is 278 g/mol. The molecule has 1 amide bonds. The molecule has 0 fully saturated rings. The lowest BCUT2D eigenvalue weighted by Gasteiger charge is -2.10. The number of aliphatic hydroxyl groups excluding tert-OH is 1. The fourth-order valence-corrected chi connectivity index (χ4v) is 2.39. The molecule has 0 heterocycles. The van der Waals surface area contributed by atoms with E-state index in [9.17, 15) is 9.90 Å². The van der Waals surface area contributed by atoms with E-state index >= 15 is 0 Å². The third kappa shape index (κ3) is 4.98. The molecule has 1 atom stereocenters. The Morgan fingerprint density at radius 2 is 1.64 bits per heavy atom. The quantitative estimate of drug-likeness (QED) is 0.544. The number of nitrogens with one attached hydrogen (secondary N) is 1. The number of benzene rings is 2. The second kappa shape index (κ2) is 8.32. The third-order valence-electron chi connectivity index (χ3n) is 3.64. The van der Waals surface area contributed by atoms with Crippen LogP contribution in [0.25, 0.3) is 0 Å². The van der Waals surface area contributed by atoms with Gasteiger partial charge in [0.2, 0.25) is 5.91 Å². The zero-order valence-corrected chi connectivity index (χ0v) is 12.4. The van der Waals surface area contributed by atoms with Gasteiger partial charge in [0.25, 0.3) is 0 Å². The average molecular weight is 299 g/mol. The van der Waals surface area contributed by atoms with Crippen molar-refractivity contribution in [2.24, 2.45) is 0 Å². The van der Waals surface area contributed by atoms with Crippen LogP contribution >= 0.6 is 0 Å². The first kappa shape index (κ1) is 16.2. The van der Waals surface area contributed by atoms with E-state index in [-0.39, 0.29) is 6.42 Å². The van der Waals surface area contributed by atoms with Crippen LogP contribution in [-0.2, 0) is 17.6 Å². The van der Waals surface area contributed by atoms with E-state index in [2.05, 4.69) is 0 Å². The summed E-state index contributed by atoms with van der Waals surface area (Å²) < 4.78 is 0. The molecule has 2 aromatic carbocycles. The maximum Gasteiger partial charge on any atom is 0.247 e. The van der Waals surface area contributed by atoms with Crippen molar-refractivity contribution in [3.8, 4) is 0 Å². The molecule has 116 valence electrons. The molecule has 1 unspecified atom stereocenters. The number of hydrogen-bond acceptors (Lipinski definition) is 3. The monoisotopic (exact) mass is 299 g/mol. The third-order valence-corrected chi connectivity index (χ3v) is 3.64. The van der Waals surface area contributed by atoms with Gasteiger partial charge < -0.3 is 5.11 Å². The average Bonchev–Trinajstić information content (AvgIpc) is 2.57. The Morgan fingerprint density at radius 3 is 2.27 bits per heavy atom. The molecule has 4 heteroatoms. The fourth-order valence-electron chi connectivity index (χ4n) is 2.39. The van der Waals surface area contributed by atoms with Crippen molar-refractivity contribution in [1.29, 1.82) is 0 Å². The van der Waals surface area contributed by atoms with E-state index in [4.69, 9.17) is 5.21 Å². The summed E-state index contributed by atoms with van der Waals surface area (Å²) in [6.07, 6.45) is 2.25. The summed E-state index contributed by atoms with van der Waals surface area (Å²) in [5.41, 5.74) is 4.61. The van der Waals surface area contributed by atoms with Crippen molar-refractivity contribution < 1.29 is 15.1 Å². The highest BCUT2D eigenvalue weighted by atomic mass is 16.5. The molecule has 0 aliphatic heterocycles. The number of aryl methyl sites for hydroxylation is 1. The van der Waals surface area contributed by atoms with Gasteiger partial charge in [-0.2, -0.15) is 0 Å². The zero-order chi connectivity index (χ0) is 15.8. The van der Waals surface area contributed by atoms with Gasteiger partial charge in [-0.15, -0.1) is 0 Å². The lowest BCUT2D eigenvalue weighted by Crippen LogP contribution is -2.20. The normalized spacial score (nSPS) is 11.9. The van der Waals surface area contributed by atoms with E-state index < -0.39 is 12.0 Å². The molecule has 0 aliphatic carbocycles. The minimum absolute atomic E-state index is 0.170. The summed E-state index contributed by atoms with van der Waals surface area (Å²) in [6, 6.07) is 17.4. The van der Waals surface area contributed by atoms with Crippen molar-refractivity contribution in [1.82, 2.24) is 5.48 Å². The van der Waals surface area contributed by atoms with Gasteiger partial charge in [0.15, 0.2) is 0 Å². The second-order valence-electron chi connectivity index (χ2n) is 5.35. The van der Waals surface area contributed by atoms with Gasteiger partial charge in [0, 0.05) is 0 Å². The van der Waals surface area contributed by atoms with Crippen LogP contribution in [0.1, 0.15) is 35.6 Å². The SMILES string of the molecule is O=C(Cc1ccc(CCCC(O)c2ccccc2)cc1)NO. The first-order chi connectivity index (χ1) is 10.7. The number of hydroxylamine groups is 1. The van der Waals surface area contributed by atoms with Gasteiger partial charge in [-0.05, 0) is 36.0 Å². The number of hydrogen-bond donors (Lipinski definition) is 3. The summed E-state index contributed by atoms with van der Waals surface area (Å²) in [4.78, 5) is 11.1. The molecule has 0 saturated carbocycles. The Hall–Kier alpha value is -2.17. The van der Waals surface area contributed by atoms with Gasteiger partial charge >= 0.3 is 0 Å². The smallest absolute Gasteiger partial charge is 0.247 e. The van der Waals surface area contributed by atoms with Crippen LogP contribution in [0.2, 0.25) is 0 Å². The predicted octanol–water partition coefficient (Wildman–Crippen LogP) is 2.79. The molecule has 0 saturated heterocycles. The number of carbonyl (C=O) groups excluding carboxylic acids is 1. The van der Waals surface area contributed by atoms with Crippen molar-refractivity contribution in [3.05, 3.63) is 71.3 Å². The van der Waals surface area contributed by atoms with Crippen LogP contribution < -0.4 is 5.48 Å². The summed E-state index contributed by atoms with van der Waals surface area (Å²) in [5.74, 6) is -0.418. The fraction of sp³-hybridized carbons (Fsp3) is 0.278. The maximum atomic E-state index is 11.1. The van der Waals surface area contributed by atoms with Gasteiger partial charge in [0.05, 0.1) is 12.5 Å². The Bertz CT molecular complexity index is 581. The number of aliphatic hydroxyl groups is 1. The van der Waals surface area contributed by atoms with E-state index in [0.29, 0.717) is 0 Å². The highest BCUT2D eigenvalue weighted by Crippen LogP contribution is 2.19. The van der Waals surface area contributed by atoms with E-state index in [1.807, 2.05) is 54.6 Å². The lowest BCUT2D eigenvalue weighted by atomic mass is 10.0. The summed E-state index contributed by atoms with van der Waals surface area (Å²) in [6.45, 7) is 0. The van der Waals surface area contributed by atoms with Crippen LogP contribution in [0.4, 0.5) is 0 Å². The topological polar surface area (TPSA) is 69.6 Å². The second-order valence-corrected chi connectivity index (χ2v) is 5.35. The molecule has 0 spiro atoms. The minimum Gasteiger partial charge on any atom is -0.388 e. The van der Waals surface area contributed by atoms with Gasteiger partial charge in [-0.1, -0.05) is 54.6 Å². The highest BCUT2D eigenvalue weighted by molar-refractivity contribution is 5.77. The standard InChI is InChI=1S/C18H21NO3/c20-17(16-6-2-1-3-7-16)8-4-5-14-9-11-15(12-10-14)13-18(21)19-22/h1-3,6-7,9-12,17,20,22H,4-5,8,13H2,(H,19,21).